The summed E-state index contributed by atoms with van der Waals surface area (Å²) in [4.78, 5) is 20.2. The van der Waals surface area contributed by atoms with Gasteiger partial charge in [0, 0.05) is 30.0 Å². The minimum absolute atomic E-state index is 0.0826. The van der Waals surface area contributed by atoms with Crippen LogP contribution < -0.4 is 10.2 Å². The summed E-state index contributed by atoms with van der Waals surface area (Å²) in [6.45, 7) is 3.95. The van der Waals surface area contributed by atoms with Gasteiger partial charge in [-0.2, -0.15) is 0 Å². The lowest BCUT2D eigenvalue weighted by molar-refractivity contribution is 0.102. The molecule has 0 aromatic heterocycles. The zero-order valence-corrected chi connectivity index (χ0v) is 16.6. The smallest absolute Gasteiger partial charge is 0.257 e. The molecule has 1 saturated carbocycles. The number of nitrogens with zero attached hydrogens (tertiary/aromatic N) is 2. The van der Waals surface area contributed by atoms with Gasteiger partial charge in [0.15, 0.2) is 0 Å². The molecule has 2 fully saturated rings. The Morgan fingerprint density at radius 1 is 1.07 bits per heavy atom. The summed E-state index contributed by atoms with van der Waals surface area (Å²) >= 11 is 0. The number of anilines is 2. The van der Waals surface area contributed by atoms with E-state index in [9.17, 15) is 4.79 Å². The number of hydrogen-bond donors (Lipinski definition) is 1. The third-order valence-corrected chi connectivity index (χ3v) is 6.04. The molecular weight excluding hydrogens is 350 g/mol. The Labute approximate surface area is 166 Å². The zero-order chi connectivity index (χ0) is 19.6. The van der Waals surface area contributed by atoms with Crippen LogP contribution in [0.15, 0.2) is 53.7 Å². The van der Waals surface area contributed by atoms with Crippen molar-refractivity contribution in [1.82, 2.24) is 0 Å². The van der Waals surface area contributed by atoms with Crippen molar-refractivity contribution >= 4 is 23.0 Å². The van der Waals surface area contributed by atoms with E-state index in [0.717, 1.165) is 41.3 Å². The molecule has 5 nitrogen and oxygen atoms in total. The highest BCUT2D eigenvalue weighted by Gasteiger charge is 2.44. The lowest BCUT2D eigenvalue weighted by Gasteiger charge is -2.34. The summed E-state index contributed by atoms with van der Waals surface area (Å²) in [5, 5.41) is 7.00. The van der Waals surface area contributed by atoms with Crippen molar-refractivity contribution in [2.45, 2.75) is 32.6 Å². The van der Waals surface area contributed by atoms with Crippen LogP contribution in [0.25, 0.3) is 0 Å². The molecule has 28 heavy (non-hydrogen) atoms. The monoisotopic (exact) mass is 377 g/mol. The number of nitrogens with one attached hydrogen (secondary N) is 1. The Bertz CT molecular complexity index is 892. The highest BCUT2D eigenvalue weighted by Crippen LogP contribution is 2.54. The molecule has 1 spiro atoms. The first-order valence-corrected chi connectivity index (χ1v) is 9.94. The van der Waals surface area contributed by atoms with Gasteiger partial charge in [0.05, 0.1) is 11.3 Å². The number of oxime groups is 1. The molecule has 0 atom stereocenters. The number of piperidine rings is 1. The van der Waals surface area contributed by atoms with E-state index in [2.05, 4.69) is 21.4 Å². The number of para-hydroxylation sites is 1. The topological polar surface area (TPSA) is 53.9 Å². The Hall–Kier alpha value is -2.82. The number of carbonyl (C=O) groups is 1. The van der Waals surface area contributed by atoms with E-state index in [-0.39, 0.29) is 5.91 Å². The molecule has 1 N–H and O–H groups in total. The highest BCUT2D eigenvalue weighted by molar-refractivity contribution is 6.09. The van der Waals surface area contributed by atoms with Crippen LogP contribution in [0, 0.1) is 5.41 Å². The molecule has 4 rings (SSSR count). The molecule has 146 valence electrons. The summed E-state index contributed by atoms with van der Waals surface area (Å²) in [5.41, 5.74) is 4.81. The standard InChI is InChI=1S/C23H27N3O2/c1-17(25-28-2)18-6-5-7-19(16-18)24-22(27)20-8-3-4-9-21(20)26-14-12-23(10-11-23)13-15-26/h3-9,16H,10-15H2,1-2H3,(H,24,27). The second kappa shape index (κ2) is 7.66. The first-order chi connectivity index (χ1) is 13.6. The molecule has 2 aromatic carbocycles. The van der Waals surface area contributed by atoms with E-state index in [4.69, 9.17) is 4.84 Å². The third-order valence-electron chi connectivity index (χ3n) is 6.04. The van der Waals surface area contributed by atoms with Crippen LogP contribution in [0.5, 0.6) is 0 Å². The minimum atomic E-state index is -0.0826. The van der Waals surface area contributed by atoms with Gasteiger partial charge in [0.1, 0.15) is 7.11 Å². The molecule has 1 amide bonds. The van der Waals surface area contributed by atoms with Crippen molar-refractivity contribution in [1.29, 1.82) is 0 Å². The van der Waals surface area contributed by atoms with E-state index >= 15 is 0 Å². The van der Waals surface area contributed by atoms with Crippen LogP contribution in [0.4, 0.5) is 11.4 Å². The molecule has 0 radical (unpaired) electrons. The van der Waals surface area contributed by atoms with Crippen LogP contribution in [-0.4, -0.2) is 31.8 Å². The van der Waals surface area contributed by atoms with Crippen LogP contribution in [-0.2, 0) is 4.84 Å². The van der Waals surface area contributed by atoms with Gasteiger partial charge < -0.3 is 15.1 Å². The maximum absolute atomic E-state index is 13.0. The van der Waals surface area contributed by atoms with Crippen molar-refractivity contribution in [3.05, 3.63) is 59.7 Å². The van der Waals surface area contributed by atoms with Gasteiger partial charge in [-0.15, -0.1) is 0 Å². The average molecular weight is 377 g/mol. The highest BCUT2D eigenvalue weighted by atomic mass is 16.6. The second-order valence-corrected chi connectivity index (χ2v) is 7.90. The maximum atomic E-state index is 13.0. The molecule has 1 aliphatic carbocycles. The first-order valence-electron chi connectivity index (χ1n) is 9.94. The van der Waals surface area contributed by atoms with Crippen LogP contribution in [0.2, 0.25) is 0 Å². The lowest BCUT2D eigenvalue weighted by atomic mass is 9.93. The summed E-state index contributed by atoms with van der Waals surface area (Å²) in [7, 11) is 1.53. The molecule has 1 saturated heterocycles. The normalized spacial score (nSPS) is 18.1. The third kappa shape index (κ3) is 3.88. The van der Waals surface area contributed by atoms with E-state index < -0.39 is 0 Å². The molecule has 1 heterocycles. The van der Waals surface area contributed by atoms with Crippen LogP contribution in [0.1, 0.15) is 48.5 Å². The summed E-state index contributed by atoms with van der Waals surface area (Å²) in [5.74, 6) is -0.0826. The van der Waals surface area contributed by atoms with Gasteiger partial charge in [-0.3, -0.25) is 4.79 Å². The van der Waals surface area contributed by atoms with Crippen LogP contribution >= 0.6 is 0 Å². The molecule has 1 aliphatic heterocycles. The maximum Gasteiger partial charge on any atom is 0.257 e. The van der Waals surface area contributed by atoms with Gasteiger partial charge >= 0.3 is 0 Å². The molecule has 2 aromatic rings. The van der Waals surface area contributed by atoms with Crippen molar-refractivity contribution in [2.24, 2.45) is 10.6 Å². The van der Waals surface area contributed by atoms with E-state index in [1.165, 1.54) is 32.8 Å². The van der Waals surface area contributed by atoms with Crippen molar-refractivity contribution in [3.63, 3.8) is 0 Å². The first kappa shape index (κ1) is 18.5. The van der Waals surface area contributed by atoms with Gasteiger partial charge in [0.25, 0.3) is 5.91 Å². The number of rotatable bonds is 5. The van der Waals surface area contributed by atoms with Gasteiger partial charge in [-0.25, -0.2) is 0 Å². The Morgan fingerprint density at radius 2 is 1.82 bits per heavy atom. The Balaban J connectivity index is 1.51. The summed E-state index contributed by atoms with van der Waals surface area (Å²) < 4.78 is 0. The zero-order valence-electron chi connectivity index (χ0n) is 16.6. The van der Waals surface area contributed by atoms with Crippen molar-refractivity contribution in [3.8, 4) is 0 Å². The molecular formula is C23H27N3O2. The molecule has 5 heteroatoms. The predicted octanol–water partition coefficient (Wildman–Crippen LogP) is 4.69. The van der Waals surface area contributed by atoms with Crippen LogP contribution in [0.3, 0.4) is 0 Å². The minimum Gasteiger partial charge on any atom is -0.399 e. The molecule has 0 bridgehead atoms. The van der Waals surface area contributed by atoms with E-state index in [1.54, 1.807) is 0 Å². The van der Waals surface area contributed by atoms with Crippen molar-refractivity contribution < 1.29 is 9.63 Å². The number of carbonyl (C=O) groups excluding carboxylic acids is 1. The van der Waals surface area contributed by atoms with Gasteiger partial charge in [0.2, 0.25) is 0 Å². The average Bonchev–Trinajstić information content (AvgIpc) is 3.48. The van der Waals surface area contributed by atoms with E-state index in [0.29, 0.717) is 5.41 Å². The lowest BCUT2D eigenvalue weighted by Crippen LogP contribution is -2.35. The van der Waals surface area contributed by atoms with E-state index in [1.807, 2.05) is 49.4 Å². The number of amides is 1. The largest absolute Gasteiger partial charge is 0.399 e. The van der Waals surface area contributed by atoms with Gasteiger partial charge in [-0.1, -0.05) is 29.4 Å². The predicted molar refractivity (Wildman–Crippen MR) is 113 cm³/mol. The number of hydrogen-bond acceptors (Lipinski definition) is 4. The Kier molecular flexibility index (Phi) is 5.07. The summed E-state index contributed by atoms with van der Waals surface area (Å²) in [6.07, 6.45) is 5.24. The summed E-state index contributed by atoms with van der Waals surface area (Å²) in [6, 6.07) is 15.6. The second-order valence-electron chi connectivity index (χ2n) is 7.90. The number of benzene rings is 2. The van der Waals surface area contributed by atoms with Crippen molar-refractivity contribution in [2.75, 3.05) is 30.4 Å². The SMILES string of the molecule is CON=C(C)c1cccc(NC(=O)c2ccccc2N2CCC3(CC2)CC3)c1. The molecule has 2 aliphatic rings. The van der Waals surface area contributed by atoms with Gasteiger partial charge in [-0.05, 0) is 62.3 Å². The quantitative estimate of drug-likeness (QED) is 0.607. The fourth-order valence-electron chi connectivity index (χ4n) is 4.05. The molecule has 0 unspecified atom stereocenters. The fraction of sp³-hybridized carbons (Fsp3) is 0.391. The Morgan fingerprint density at radius 3 is 2.54 bits per heavy atom. The fourth-order valence-corrected chi connectivity index (χ4v) is 4.05.